The number of ether oxygens (including phenoxy) is 2. The molecule has 0 aromatic heterocycles. The summed E-state index contributed by atoms with van der Waals surface area (Å²) in [5.74, 6) is -0.0224. The second-order valence-electron chi connectivity index (χ2n) is 3.20. The SMILES string of the molecule is C1=COC2(C=C1)Nc1ccccc1O2. The third-order valence-corrected chi connectivity index (χ3v) is 2.21. The lowest BCUT2D eigenvalue weighted by Gasteiger charge is -2.25. The molecule has 70 valence electrons. The zero-order chi connectivity index (χ0) is 9.43. The maximum Gasteiger partial charge on any atom is 0.357 e. The van der Waals surface area contributed by atoms with E-state index in [9.17, 15) is 0 Å². The molecular weight excluding hydrogens is 178 g/mol. The van der Waals surface area contributed by atoms with Crippen molar-refractivity contribution in [2.24, 2.45) is 0 Å². The van der Waals surface area contributed by atoms with E-state index in [4.69, 9.17) is 9.47 Å². The Balaban J connectivity index is 1.98. The van der Waals surface area contributed by atoms with E-state index in [0.717, 1.165) is 11.4 Å². The van der Waals surface area contributed by atoms with Crippen LogP contribution in [0.3, 0.4) is 0 Å². The largest absolute Gasteiger partial charge is 0.440 e. The number of benzene rings is 1. The first kappa shape index (κ1) is 7.50. The minimum Gasteiger partial charge on any atom is -0.440 e. The molecule has 0 fully saturated rings. The smallest absolute Gasteiger partial charge is 0.357 e. The molecule has 1 aromatic rings. The minimum absolute atomic E-state index is 0.812. The van der Waals surface area contributed by atoms with Crippen LogP contribution < -0.4 is 10.1 Å². The minimum atomic E-state index is -0.835. The van der Waals surface area contributed by atoms with Gasteiger partial charge in [0.1, 0.15) is 5.75 Å². The molecule has 1 unspecified atom stereocenters. The van der Waals surface area contributed by atoms with Crippen molar-refractivity contribution in [1.82, 2.24) is 0 Å². The van der Waals surface area contributed by atoms with Gasteiger partial charge in [0, 0.05) is 6.08 Å². The van der Waals surface area contributed by atoms with Crippen molar-refractivity contribution < 1.29 is 9.47 Å². The van der Waals surface area contributed by atoms with Gasteiger partial charge in [0.25, 0.3) is 0 Å². The first-order chi connectivity index (χ1) is 6.88. The van der Waals surface area contributed by atoms with E-state index in [-0.39, 0.29) is 0 Å². The van der Waals surface area contributed by atoms with Crippen molar-refractivity contribution in [1.29, 1.82) is 0 Å². The number of fused-ring (bicyclic) bond motifs is 1. The summed E-state index contributed by atoms with van der Waals surface area (Å²) in [6.07, 6.45) is 7.16. The van der Waals surface area contributed by atoms with Gasteiger partial charge >= 0.3 is 5.91 Å². The van der Waals surface area contributed by atoms with Crippen LogP contribution in [0.2, 0.25) is 0 Å². The number of hydrogen-bond donors (Lipinski definition) is 1. The molecule has 3 nitrogen and oxygen atoms in total. The van der Waals surface area contributed by atoms with E-state index < -0.39 is 5.91 Å². The van der Waals surface area contributed by atoms with E-state index in [2.05, 4.69) is 5.32 Å². The van der Waals surface area contributed by atoms with Crippen LogP contribution in [0.25, 0.3) is 0 Å². The van der Waals surface area contributed by atoms with Crippen LogP contribution in [0.4, 0.5) is 5.69 Å². The number of para-hydroxylation sites is 2. The third-order valence-electron chi connectivity index (χ3n) is 2.21. The number of rotatable bonds is 0. The fraction of sp³-hybridized carbons (Fsp3) is 0.0909. The molecule has 2 aliphatic rings. The lowest BCUT2D eigenvalue weighted by Crippen LogP contribution is -2.40. The highest BCUT2D eigenvalue weighted by atomic mass is 16.7. The molecular formula is C11H9NO2. The Kier molecular flexibility index (Phi) is 1.36. The fourth-order valence-electron chi connectivity index (χ4n) is 1.57. The third kappa shape index (κ3) is 0.988. The molecule has 0 aliphatic carbocycles. The van der Waals surface area contributed by atoms with Gasteiger partial charge < -0.3 is 14.8 Å². The summed E-state index contributed by atoms with van der Waals surface area (Å²) in [6, 6.07) is 7.75. The second-order valence-corrected chi connectivity index (χ2v) is 3.20. The first-order valence-electron chi connectivity index (χ1n) is 4.46. The van der Waals surface area contributed by atoms with Crippen molar-refractivity contribution in [3.05, 3.63) is 48.8 Å². The van der Waals surface area contributed by atoms with E-state index in [1.807, 2.05) is 42.5 Å². The average molecular weight is 187 g/mol. The maximum atomic E-state index is 5.66. The van der Waals surface area contributed by atoms with Crippen LogP contribution in [0.1, 0.15) is 0 Å². The van der Waals surface area contributed by atoms with Gasteiger partial charge in [0.05, 0.1) is 11.9 Å². The lowest BCUT2D eigenvalue weighted by atomic mass is 10.3. The van der Waals surface area contributed by atoms with Gasteiger partial charge in [-0.1, -0.05) is 18.2 Å². The van der Waals surface area contributed by atoms with Crippen molar-refractivity contribution >= 4 is 5.69 Å². The Morgan fingerprint density at radius 3 is 2.86 bits per heavy atom. The van der Waals surface area contributed by atoms with E-state index in [0.29, 0.717) is 0 Å². The normalized spacial score (nSPS) is 26.6. The fourth-order valence-corrected chi connectivity index (χ4v) is 1.57. The van der Waals surface area contributed by atoms with E-state index >= 15 is 0 Å². The molecule has 1 atom stereocenters. The number of nitrogens with one attached hydrogen (secondary N) is 1. The summed E-state index contributed by atoms with van der Waals surface area (Å²) >= 11 is 0. The van der Waals surface area contributed by atoms with Crippen LogP contribution in [-0.4, -0.2) is 5.91 Å². The van der Waals surface area contributed by atoms with Crippen molar-refractivity contribution in [2.75, 3.05) is 5.32 Å². The van der Waals surface area contributed by atoms with Crippen molar-refractivity contribution in [3.63, 3.8) is 0 Å². The van der Waals surface area contributed by atoms with Crippen molar-refractivity contribution in [2.45, 2.75) is 5.91 Å². The van der Waals surface area contributed by atoms with Crippen LogP contribution >= 0.6 is 0 Å². The van der Waals surface area contributed by atoms with Crippen LogP contribution in [-0.2, 0) is 4.74 Å². The topological polar surface area (TPSA) is 30.5 Å². The highest BCUT2D eigenvalue weighted by Gasteiger charge is 2.38. The van der Waals surface area contributed by atoms with E-state index in [1.54, 1.807) is 6.26 Å². The molecule has 2 heterocycles. The molecule has 1 spiro atoms. The highest BCUT2D eigenvalue weighted by molar-refractivity contribution is 5.61. The standard InChI is InChI=1S/C11H9NO2/c1-2-6-10-9(5-1)12-11(14-10)7-3-4-8-13-11/h1-8,12H. The second kappa shape index (κ2) is 2.54. The molecule has 0 saturated carbocycles. The summed E-state index contributed by atoms with van der Waals surface area (Å²) in [6.45, 7) is 0. The summed E-state index contributed by atoms with van der Waals surface area (Å²) in [5.41, 5.74) is 0.951. The van der Waals surface area contributed by atoms with Gasteiger partial charge in [-0.2, -0.15) is 0 Å². The Morgan fingerprint density at radius 2 is 2.07 bits per heavy atom. The van der Waals surface area contributed by atoms with Gasteiger partial charge in [-0.05, 0) is 18.2 Å². The van der Waals surface area contributed by atoms with Crippen LogP contribution in [0.5, 0.6) is 5.75 Å². The first-order valence-corrected chi connectivity index (χ1v) is 4.46. The lowest BCUT2D eigenvalue weighted by molar-refractivity contribution is -0.0695. The van der Waals surface area contributed by atoms with Gasteiger partial charge in [0.2, 0.25) is 0 Å². The summed E-state index contributed by atoms with van der Waals surface area (Å²) in [4.78, 5) is 0. The monoisotopic (exact) mass is 187 g/mol. The molecule has 1 N–H and O–H groups in total. The average Bonchev–Trinajstić information content (AvgIpc) is 2.56. The molecule has 3 rings (SSSR count). The van der Waals surface area contributed by atoms with E-state index in [1.165, 1.54) is 0 Å². The Morgan fingerprint density at radius 1 is 1.14 bits per heavy atom. The number of hydrogen-bond acceptors (Lipinski definition) is 3. The Hall–Kier alpha value is -1.90. The Bertz CT molecular complexity index is 398. The van der Waals surface area contributed by atoms with Gasteiger partial charge in [-0.25, -0.2) is 0 Å². The molecule has 0 saturated heterocycles. The summed E-state index contributed by atoms with van der Waals surface area (Å²) < 4.78 is 11.1. The summed E-state index contributed by atoms with van der Waals surface area (Å²) in [5, 5.41) is 3.17. The van der Waals surface area contributed by atoms with Crippen molar-refractivity contribution in [3.8, 4) is 5.75 Å². The summed E-state index contributed by atoms with van der Waals surface area (Å²) in [7, 11) is 0. The molecule has 1 aromatic carbocycles. The van der Waals surface area contributed by atoms with Gasteiger partial charge in [-0.3, -0.25) is 0 Å². The molecule has 14 heavy (non-hydrogen) atoms. The number of allylic oxidation sites excluding steroid dienone is 2. The molecule has 0 amide bonds. The maximum absolute atomic E-state index is 5.66. The highest BCUT2D eigenvalue weighted by Crippen LogP contribution is 2.38. The Labute approximate surface area is 81.6 Å². The number of anilines is 1. The predicted octanol–water partition coefficient (Wildman–Crippen LogP) is 2.24. The van der Waals surface area contributed by atoms with Gasteiger partial charge in [0.15, 0.2) is 0 Å². The zero-order valence-corrected chi connectivity index (χ0v) is 7.44. The molecule has 0 radical (unpaired) electrons. The van der Waals surface area contributed by atoms with Gasteiger partial charge in [-0.15, -0.1) is 0 Å². The van der Waals surface area contributed by atoms with Crippen LogP contribution in [0, 0.1) is 0 Å². The molecule has 3 heteroatoms. The molecule has 0 bridgehead atoms. The quantitative estimate of drug-likeness (QED) is 0.675. The van der Waals surface area contributed by atoms with Crippen LogP contribution in [0.15, 0.2) is 48.8 Å². The predicted molar refractivity (Wildman–Crippen MR) is 52.8 cm³/mol. The molecule has 2 aliphatic heterocycles. The zero-order valence-electron chi connectivity index (χ0n) is 7.44.